The Kier molecular flexibility index (Phi) is 4.46. The number of rotatable bonds is 6. The molecule has 9 heteroatoms. The summed E-state index contributed by atoms with van der Waals surface area (Å²) < 4.78 is 10.5. The van der Waals surface area contributed by atoms with E-state index in [4.69, 9.17) is 14.9 Å². The van der Waals surface area contributed by atoms with E-state index in [9.17, 15) is 10.1 Å². The van der Waals surface area contributed by atoms with Gasteiger partial charge in [0.1, 0.15) is 11.5 Å². The first kappa shape index (κ1) is 16.2. The van der Waals surface area contributed by atoms with Gasteiger partial charge in [-0.25, -0.2) is 4.98 Å². The summed E-state index contributed by atoms with van der Waals surface area (Å²) in [6, 6.07) is 8.72. The molecule has 3 N–H and O–H groups in total. The van der Waals surface area contributed by atoms with E-state index in [2.05, 4.69) is 15.3 Å². The quantitative estimate of drug-likeness (QED) is 0.515. The number of oxazole rings is 1. The second-order valence-electron chi connectivity index (χ2n) is 5.01. The highest BCUT2D eigenvalue weighted by atomic mass is 16.6. The average Bonchev–Trinajstić information content (AvgIpc) is 3.09. The number of aromatic nitrogens is 2. The van der Waals surface area contributed by atoms with Crippen LogP contribution in [-0.4, -0.2) is 21.5 Å². The lowest BCUT2D eigenvalue weighted by molar-refractivity contribution is -0.385. The Morgan fingerprint density at radius 2 is 2.12 bits per heavy atom. The molecule has 1 aromatic carbocycles. The number of nitrogens with one attached hydrogen (secondary N) is 1. The van der Waals surface area contributed by atoms with E-state index in [0.29, 0.717) is 11.6 Å². The Morgan fingerprint density at radius 3 is 2.72 bits per heavy atom. The Balaban J connectivity index is 1.86. The van der Waals surface area contributed by atoms with Crippen molar-refractivity contribution in [3.05, 3.63) is 53.0 Å². The second kappa shape index (κ2) is 6.87. The van der Waals surface area contributed by atoms with Crippen LogP contribution in [0.1, 0.15) is 6.92 Å². The number of ether oxygens (including phenoxy) is 1. The summed E-state index contributed by atoms with van der Waals surface area (Å²) in [5, 5.41) is 14.2. The molecule has 0 saturated carbocycles. The van der Waals surface area contributed by atoms with Crippen LogP contribution in [0.5, 0.6) is 5.88 Å². The van der Waals surface area contributed by atoms with E-state index >= 15 is 0 Å². The van der Waals surface area contributed by atoms with Gasteiger partial charge >= 0.3 is 5.69 Å². The minimum Gasteiger partial charge on any atom is -0.473 e. The number of nitrogens with zero attached hydrogens (tertiary/aromatic N) is 3. The number of anilines is 3. The summed E-state index contributed by atoms with van der Waals surface area (Å²) in [5.74, 6) is 0.884. The van der Waals surface area contributed by atoms with Gasteiger partial charge in [-0.1, -0.05) is 0 Å². The number of nitrogen functional groups attached to an aromatic ring is 1. The zero-order valence-electron chi connectivity index (χ0n) is 13.3. The lowest BCUT2D eigenvalue weighted by atomic mass is 10.1. The highest BCUT2D eigenvalue weighted by Gasteiger charge is 2.22. The molecule has 0 amide bonds. The van der Waals surface area contributed by atoms with Crippen molar-refractivity contribution in [3.8, 4) is 17.2 Å². The predicted molar refractivity (Wildman–Crippen MR) is 91.7 cm³/mol. The van der Waals surface area contributed by atoms with Gasteiger partial charge in [-0.2, -0.15) is 4.98 Å². The Labute approximate surface area is 142 Å². The van der Waals surface area contributed by atoms with E-state index in [1.807, 2.05) is 24.3 Å². The van der Waals surface area contributed by atoms with Gasteiger partial charge in [-0.05, 0) is 31.2 Å². The van der Waals surface area contributed by atoms with Gasteiger partial charge in [0.25, 0.3) is 5.88 Å². The largest absolute Gasteiger partial charge is 0.473 e. The summed E-state index contributed by atoms with van der Waals surface area (Å²) in [6.45, 7) is 1.95. The fourth-order valence-corrected chi connectivity index (χ4v) is 2.24. The van der Waals surface area contributed by atoms with E-state index in [0.717, 1.165) is 11.3 Å². The molecule has 0 aliphatic rings. The molecule has 0 unspecified atom stereocenters. The molecule has 0 radical (unpaired) electrons. The first-order valence-electron chi connectivity index (χ1n) is 7.42. The second-order valence-corrected chi connectivity index (χ2v) is 5.01. The van der Waals surface area contributed by atoms with Crippen LogP contribution in [0.2, 0.25) is 0 Å². The van der Waals surface area contributed by atoms with Gasteiger partial charge in [-0.3, -0.25) is 10.1 Å². The Hall–Kier alpha value is -3.62. The van der Waals surface area contributed by atoms with Crippen molar-refractivity contribution in [1.29, 1.82) is 0 Å². The van der Waals surface area contributed by atoms with Gasteiger partial charge in [0.2, 0.25) is 0 Å². The zero-order valence-corrected chi connectivity index (χ0v) is 13.3. The topological polar surface area (TPSA) is 129 Å². The molecule has 3 aromatic rings. The molecule has 9 nitrogen and oxygen atoms in total. The van der Waals surface area contributed by atoms with Crippen molar-refractivity contribution in [2.45, 2.75) is 6.92 Å². The van der Waals surface area contributed by atoms with Crippen LogP contribution >= 0.6 is 0 Å². The summed E-state index contributed by atoms with van der Waals surface area (Å²) >= 11 is 0. The molecule has 2 heterocycles. The van der Waals surface area contributed by atoms with Gasteiger partial charge in [0, 0.05) is 17.3 Å². The van der Waals surface area contributed by atoms with Crippen molar-refractivity contribution in [1.82, 2.24) is 9.97 Å². The normalized spacial score (nSPS) is 10.4. The smallest absolute Gasteiger partial charge is 0.353 e. The highest BCUT2D eigenvalue weighted by Crippen LogP contribution is 2.34. The first-order valence-corrected chi connectivity index (χ1v) is 7.42. The fraction of sp³-hybridized carbons (Fsp3) is 0.125. The lowest BCUT2D eigenvalue weighted by Gasteiger charge is -2.10. The lowest BCUT2D eigenvalue weighted by Crippen LogP contribution is -2.05. The number of hydrogen-bond acceptors (Lipinski definition) is 8. The molecule has 0 spiro atoms. The van der Waals surface area contributed by atoms with Crippen LogP contribution in [0.4, 0.5) is 22.9 Å². The maximum Gasteiger partial charge on any atom is 0.353 e. The van der Waals surface area contributed by atoms with E-state index < -0.39 is 4.92 Å². The molecular weight excluding hydrogens is 326 g/mol. The maximum atomic E-state index is 11.1. The van der Waals surface area contributed by atoms with Gasteiger partial charge < -0.3 is 20.2 Å². The van der Waals surface area contributed by atoms with Gasteiger partial charge in [0.15, 0.2) is 12.2 Å². The number of benzene rings is 1. The standard InChI is InChI=1S/C16H15N5O4/c1-2-24-16-15(21(22)23)12(17)7-14(20-16)19-11-5-3-10(4-6-11)13-8-18-9-25-13/h3-9H,2H2,1H3,(H3,17,19,20). The molecule has 3 rings (SSSR count). The summed E-state index contributed by atoms with van der Waals surface area (Å²) in [7, 11) is 0. The maximum absolute atomic E-state index is 11.1. The van der Waals surface area contributed by atoms with Crippen LogP contribution in [0, 0.1) is 10.1 Å². The van der Waals surface area contributed by atoms with Crippen LogP contribution in [0.25, 0.3) is 11.3 Å². The van der Waals surface area contributed by atoms with Crippen LogP contribution in [-0.2, 0) is 0 Å². The average molecular weight is 341 g/mol. The fourth-order valence-electron chi connectivity index (χ4n) is 2.24. The van der Waals surface area contributed by atoms with E-state index in [1.165, 1.54) is 12.5 Å². The zero-order chi connectivity index (χ0) is 17.8. The predicted octanol–water partition coefficient (Wildman–Crippen LogP) is 3.37. The summed E-state index contributed by atoms with van der Waals surface area (Å²) in [6.07, 6.45) is 2.98. The molecule has 0 fully saturated rings. The molecule has 0 aliphatic carbocycles. The molecule has 128 valence electrons. The van der Waals surface area contributed by atoms with Crippen molar-refractivity contribution < 1.29 is 14.1 Å². The van der Waals surface area contributed by atoms with Gasteiger partial charge in [-0.15, -0.1) is 0 Å². The minimum absolute atomic E-state index is 0.0239. The van der Waals surface area contributed by atoms with Gasteiger partial charge in [0.05, 0.1) is 17.7 Å². The number of nitro groups is 1. The molecular formula is C16H15N5O4. The molecule has 0 saturated heterocycles. The first-order chi connectivity index (χ1) is 12.1. The van der Waals surface area contributed by atoms with Crippen LogP contribution in [0.15, 0.2) is 47.3 Å². The third-order valence-electron chi connectivity index (χ3n) is 3.33. The molecule has 0 aliphatic heterocycles. The molecule has 0 bridgehead atoms. The van der Waals surface area contributed by atoms with Crippen molar-refractivity contribution in [2.24, 2.45) is 0 Å². The summed E-state index contributed by atoms with van der Waals surface area (Å²) in [4.78, 5) is 18.5. The van der Waals surface area contributed by atoms with Crippen molar-refractivity contribution in [3.63, 3.8) is 0 Å². The molecule has 0 atom stereocenters. The van der Waals surface area contributed by atoms with Crippen molar-refractivity contribution >= 4 is 22.9 Å². The minimum atomic E-state index is -0.608. The Bertz CT molecular complexity index is 878. The molecule has 25 heavy (non-hydrogen) atoms. The van der Waals surface area contributed by atoms with Crippen molar-refractivity contribution in [2.75, 3.05) is 17.7 Å². The molecule has 2 aromatic heterocycles. The third kappa shape index (κ3) is 3.50. The number of nitrogens with two attached hydrogens (primary N) is 1. The van der Waals surface area contributed by atoms with Crippen LogP contribution < -0.4 is 15.8 Å². The Morgan fingerprint density at radius 1 is 1.36 bits per heavy atom. The third-order valence-corrected chi connectivity index (χ3v) is 3.33. The highest BCUT2D eigenvalue weighted by molar-refractivity contribution is 5.71. The number of hydrogen-bond donors (Lipinski definition) is 2. The van der Waals surface area contributed by atoms with E-state index in [-0.39, 0.29) is 23.9 Å². The van der Waals surface area contributed by atoms with E-state index in [1.54, 1.807) is 13.1 Å². The summed E-state index contributed by atoms with van der Waals surface area (Å²) in [5.41, 5.74) is 7.01. The SMILES string of the molecule is CCOc1nc(Nc2ccc(-c3cnco3)cc2)cc(N)c1[N+](=O)[O-]. The number of pyridine rings is 1. The monoisotopic (exact) mass is 341 g/mol. The van der Waals surface area contributed by atoms with Crippen LogP contribution in [0.3, 0.4) is 0 Å².